The number of carbonyl (C=O) groups is 5. The fourth-order valence-corrected chi connectivity index (χ4v) is 8.27. The van der Waals surface area contributed by atoms with Gasteiger partial charge in [-0.2, -0.15) is 0 Å². The van der Waals surface area contributed by atoms with Crippen molar-refractivity contribution in [1.29, 1.82) is 0 Å². The molecule has 1 aromatic rings. The number of ketones is 1. The normalized spacial score (nSPS) is 27.9. The molecule has 2 heterocycles. The minimum atomic E-state index is -1.02. The summed E-state index contributed by atoms with van der Waals surface area (Å²) in [5.41, 5.74) is -0.226. The molecular formula is C37H50ClN5O6. The van der Waals surface area contributed by atoms with Gasteiger partial charge in [0.25, 0.3) is 5.91 Å². The molecule has 2 aliphatic heterocycles. The Kier molecular flexibility index (Phi) is 10.1. The number of benzene rings is 1. The molecule has 3 aliphatic carbocycles. The van der Waals surface area contributed by atoms with Gasteiger partial charge in [-0.1, -0.05) is 94.6 Å². The Labute approximate surface area is 293 Å². The number of nitrogens with zero attached hydrogens (tertiary/aromatic N) is 2. The molecule has 4 amide bonds. The molecule has 0 aromatic heterocycles. The Bertz CT molecular complexity index is 1510. The molecule has 0 bridgehead atoms. The van der Waals surface area contributed by atoms with Gasteiger partial charge >= 0.3 is 0 Å². The van der Waals surface area contributed by atoms with Crippen molar-refractivity contribution in [2.24, 2.45) is 34.2 Å². The minimum absolute atomic E-state index is 0.0603. The molecule has 1 aromatic carbocycles. The maximum atomic E-state index is 14.7. The second-order valence-electron chi connectivity index (χ2n) is 16.1. The fourth-order valence-electron chi connectivity index (χ4n) is 8.08. The van der Waals surface area contributed by atoms with Crippen LogP contribution in [0, 0.1) is 29.1 Å². The molecule has 49 heavy (non-hydrogen) atoms. The number of oxime groups is 1. The summed E-state index contributed by atoms with van der Waals surface area (Å²) < 4.78 is 0. The van der Waals surface area contributed by atoms with Crippen molar-refractivity contribution < 1.29 is 28.8 Å². The molecule has 1 spiro atoms. The predicted octanol–water partition coefficient (Wildman–Crippen LogP) is 4.15. The second kappa shape index (κ2) is 14.0. The van der Waals surface area contributed by atoms with Gasteiger partial charge in [-0.15, -0.1) is 0 Å². The standard InChI is InChI=1S/C37H50ClN5O6/c1-36(2,3)31(41-32(45)26-17-25(26)22-9-6-5-7-10-22)35(48)43-20-37(18-28(42-49-37)23-11-8-12-24(38)16-23)19-29(43)33(46)40-27(15-21-13-14-21)30(44)34(47)39-4/h8,11-12,16,21-22,25-27,29,31H,5-7,9-10,13-15,17-20H2,1-4H3,(H,39,47)(H,40,46)(H,41,45)/t25-,26+,27+,29+,31-,37-/m1/s1. The Balaban J connectivity index is 1.23. The highest BCUT2D eigenvalue weighted by molar-refractivity contribution is 6.38. The molecule has 6 rings (SSSR count). The Hall–Kier alpha value is -3.47. The zero-order valence-corrected chi connectivity index (χ0v) is 29.8. The van der Waals surface area contributed by atoms with E-state index in [4.69, 9.17) is 16.4 Å². The molecule has 12 heteroatoms. The molecule has 5 aliphatic rings. The maximum absolute atomic E-state index is 14.7. The lowest BCUT2D eigenvalue weighted by atomic mass is 9.84. The van der Waals surface area contributed by atoms with Gasteiger partial charge in [0.2, 0.25) is 23.5 Å². The summed E-state index contributed by atoms with van der Waals surface area (Å²) in [4.78, 5) is 75.5. The van der Waals surface area contributed by atoms with Crippen LogP contribution in [0.2, 0.25) is 5.02 Å². The van der Waals surface area contributed by atoms with Crippen molar-refractivity contribution in [3.63, 3.8) is 0 Å². The molecular weight excluding hydrogens is 646 g/mol. The van der Waals surface area contributed by atoms with Crippen molar-refractivity contribution in [2.75, 3.05) is 13.6 Å². The molecule has 11 nitrogen and oxygen atoms in total. The van der Waals surface area contributed by atoms with Gasteiger partial charge in [-0.3, -0.25) is 24.0 Å². The van der Waals surface area contributed by atoms with Crippen LogP contribution in [0.3, 0.4) is 0 Å². The maximum Gasteiger partial charge on any atom is 0.289 e. The summed E-state index contributed by atoms with van der Waals surface area (Å²) in [6.45, 7) is 5.78. The summed E-state index contributed by atoms with van der Waals surface area (Å²) in [7, 11) is 1.38. The number of rotatable bonds is 11. The monoisotopic (exact) mass is 695 g/mol. The fraction of sp³-hybridized carbons (Fsp3) is 0.676. The van der Waals surface area contributed by atoms with Gasteiger partial charge in [-0.05, 0) is 48.1 Å². The number of Topliss-reactive ketones (excluding diaryl/α,β-unsaturated/α-hetero) is 1. The SMILES string of the molecule is CNC(=O)C(=O)[C@H](CC1CC1)NC(=O)[C@@H]1C[C@]2(CC(c3cccc(Cl)c3)=NO2)CN1C(=O)[C@@H](NC(=O)[C@H]1C[C@@H]1C1CCCCC1)C(C)(C)C. The molecule has 0 radical (unpaired) electrons. The predicted molar refractivity (Wildman–Crippen MR) is 184 cm³/mol. The van der Waals surface area contributed by atoms with E-state index in [1.165, 1.54) is 31.2 Å². The molecule has 3 saturated carbocycles. The number of amides is 4. The summed E-state index contributed by atoms with van der Waals surface area (Å²) >= 11 is 6.26. The molecule has 4 fully saturated rings. The Morgan fingerprint density at radius 3 is 2.43 bits per heavy atom. The summed E-state index contributed by atoms with van der Waals surface area (Å²) in [5.74, 6) is -1.45. The number of likely N-dealkylation sites (tertiary alicyclic amines) is 1. The quantitative estimate of drug-likeness (QED) is 0.297. The van der Waals surface area contributed by atoms with E-state index in [0.717, 1.165) is 37.7 Å². The average Bonchev–Trinajstić information content (AvgIpc) is 4.00. The van der Waals surface area contributed by atoms with Crippen LogP contribution in [-0.2, 0) is 28.8 Å². The lowest BCUT2D eigenvalue weighted by molar-refractivity contribution is -0.145. The molecule has 3 N–H and O–H groups in total. The van der Waals surface area contributed by atoms with Crippen LogP contribution in [0.5, 0.6) is 0 Å². The van der Waals surface area contributed by atoms with Gasteiger partial charge < -0.3 is 25.7 Å². The van der Waals surface area contributed by atoms with Gasteiger partial charge in [0.15, 0.2) is 5.60 Å². The van der Waals surface area contributed by atoms with E-state index in [9.17, 15) is 24.0 Å². The van der Waals surface area contributed by atoms with Crippen LogP contribution in [0.4, 0.5) is 0 Å². The largest absolute Gasteiger partial charge is 0.387 e. The number of nitrogens with one attached hydrogen (secondary N) is 3. The van der Waals surface area contributed by atoms with Crippen molar-refractivity contribution in [3.8, 4) is 0 Å². The third kappa shape index (κ3) is 7.97. The highest BCUT2D eigenvalue weighted by atomic mass is 35.5. The first-order valence-corrected chi connectivity index (χ1v) is 18.3. The number of hydrogen-bond acceptors (Lipinski definition) is 7. The minimum Gasteiger partial charge on any atom is -0.387 e. The Morgan fingerprint density at radius 1 is 1.04 bits per heavy atom. The van der Waals surface area contributed by atoms with Crippen LogP contribution < -0.4 is 16.0 Å². The highest BCUT2D eigenvalue weighted by Crippen LogP contribution is 2.50. The highest BCUT2D eigenvalue weighted by Gasteiger charge is 2.56. The smallest absolute Gasteiger partial charge is 0.289 e. The lowest BCUT2D eigenvalue weighted by Crippen LogP contribution is -2.59. The van der Waals surface area contributed by atoms with Crippen molar-refractivity contribution in [3.05, 3.63) is 34.9 Å². The number of carbonyl (C=O) groups excluding carboxylic acids is 5. The van der Waals surface area contributed by atoms with Crippen molar-refractivity contribution in [1.82, 2.24) is 20.9 Å². The third-order valence-electron chi connectivity index (χ3n) is 11.2. The average molecular weight is 696 g/mol. The van der Waals surface area contributed by atoms with Crippen LogP contribution >= 0.6 is 11.6 Å². The van der Waals surface area contributed by atoms with E-state index >= 15 is 0 Å². The van der Waals surface area contributed by atoms with Gasteiger partial charge in [-0.25, -0.2) is 0 Å². The van der Waals surface area contributed by atoms with E-state index < -0.39 is 46.7 Å². The first-order chi connectivity index (χ1) is 23.3. The first kappa shape index (κ1) is 35.4. The molecule has 0 unspecified atom stereocenters. The van der Waals surface area contributed by atoms with E-state index in [2.05, 4.69) is 21.1 Å². The van der Waals surface area contributed by atoms with Gasteiger partial charge in [0.1, 0.15) is 12.1 Å². The second-order valence-corrected chi connectivity index (χ2v) is 16.5. The van der Waals surface area contributed by atoms with Crippen LogP contribution in [0.1, 0.15) is 97.0 Å². The van der Waals surface area contributed by atoms with Crippen LogP contribution in [-0.4, -0.2) is 77.3 Å². The summed E-state index contributed by atoms with van der Waals surface area (Å²) in [6, 6.07) is 4.34. The topological polar surface area (TPSA) is 146 Å². The molecule has 266 valence electrons. The lowest BCUT2D eigenvalue weighted by Gasteiger charge is -2.36. The van der Waals surface area contributed by atoms with Crippen molar-refractivity contribution >= 4 is 46.7 Å². The van der Waals surface area contributed by atoms with E-state index in [1.54, 1.807) is 12.1 Å². The number of halogens is 1. The van der Waals surface area contributed by atoms with Crippen molar-refractivity contribution in [2.45, 2.75) is 115 Å². The van der Waals surface area contributed by atoms with Gasteiger partial charge in [0.05, 0.1) is 18.3 Å². The Morgan fingerprint density at radius 2 is 1.78 bits per heavy atom. The zero-order valence-electron chi connectivity index (χ0n) is 29.1. The first-order valence-electron chi connectivity index (χ1n) is 18.0. The summed E-state index contributed by atoms with van der Waals surface area (Å²) in [5, 5.41) is 13.2. The van der Waals surface area contributed by atoms with E-state index in [0.29, 0.717) is 35.4 Å². The van der Waals surface area contributed by atoms with E-state index in [1.807, 2.05) is 32.9 Å². The zero-order chi connectivity index (χ0) is 35.1. The molecule has 6 atom stereocenters. The van der Waals surface area contributed by atoms with Gasteiger partial charge in [0, 0.05) is 36.4 Å². The molecule has 1 saturated heterocycles. The van der Waals surface area contributed by atoms with Crippen LogP contribution in [0.15, 0.2) is 29.4 Å². The van der Waals surface area contributed by atoms with E-state index in [-0.39, 0.29) is 36.6 Å². The number of hydrogen-bond donors (Lipinski definition) is 3. The van der Waals surface area contributed by atoms with Crippen LogP contribution in [0.25, 0.3) is 0 Å². The third-order valence-corrected chi connectivity index (χ3v) is 11.4. The number of likely N-dealkylation sites (N-methyl/N-ethyl adjacent to an activating group) is 1. The summed E-state index contributed by atoms with van der Waals surface area (Å²) in [6.07, 6.45) is 9.50.